The molecule has 1 amide bonds. The maximum absolute atomic E-state index is 11.9. The van der Waals surface area contributed by atoms with Gasteiger partial charge in [0, 0.05) is 21.0 Å². The summed E-state index contributed by atoms with van der Waals surface area (Å²) in [4.78, 5) is 13.7. The first kappa shape index (κ1) is 12.7. The van der Waals surface area contributed by atoms with Gasteiger partial charge in [-0.15, -0.1) is 0 Å². The van der Waals surface area contributed by atoms with E-state index in [0.29, 0.717) is 12.3 Å². The lowest BCUT2D eigenvalue weighted by atomic mass is 10.1. The van der Waals surface area contributed by atoms with Crippen molar-refractivity contribution in [2.24, 2.45) is 5.92 Å². The molecule has 1 aliphatic rings. The minimum absolute atomic E-state index is 0.204. The summed E-state index contributed by atoms with van der Waals surface area (Å²) in [6.45, 7) is 0.786. The number of nitrogens with zero attached hydrogens (tertiary/aromatic N) is 1. The molecular formula is C11H11BrINOS. The fraction of sp³-hybridized carbons (Fsp3) is 0.364. The number of amides is 1. The van der Waals surface area contributed by atoms with Gasteiger partial charge in [0.2, 0.25) is 5.91 Å². The van der Waals surface area contributed by atoms with Gasteiger partial charge in [0.1, 0.15) is 0 Å². The topological polar surface area (TPSA) is 20.3 Å². The molecule has 0 aliphatic carbocycles. The molecule has 0 N–H and O–H groups in total. The molecule has 86 valence electrons. The maximum atomic E-state index is 11.9. The van der Waals surface area contributed by atoms with Crippen molar-refractivity contribution < 1.29 is 4.79 Å². The maximum Gasteiger partial charge on any atom is 0.227 e. The molecular weight excluding hydrogens is 401 g/mol. The average molecular weight is 412 g/mol. The number of rotatable bonds is 2. The number of anilines is 1. The van der Waals surface area contributed by atoms with Gasteiger partial charge in [-0.1, -0.05) is 15.9 Å². The Hall–Kier alpha value is 0.250. The van der Waals surface area contributed by atoms with E-state index in [0.717, 1.165) is 26.0 Å². The second-order valence-corrected chi connectivity index (χ2v) is 6.30. The van der Waals surface area contributed by atoms with Crippen molar-refractivity contribution >= 4 is 62.7 Å². The monoisotopic (exact) mass is 411 g/mol. The molecule has 0 saturated carbocycles. The second-order valence-electron chi connectivity index (χ2n) is 3.85. The molecule has 1 aromatic rings. The highest BCUT2D eigenvalue weighted by Crippen LogP contribution is 2.31. The number of carbonyl (C=O) groups is 1. The molecule has 0 spiro atoms. The van der Waals surface area contributed by atoms with Crippen LogP contribution in [0.25, 0.3) is 0 Å². The van der Waals surface area contributed by atoms with Crippen LogP contribution in [0.4, 0.5) is 5.69 Å². The Balaban J connectivity index is 2.30. The highest BCUT2D eigenvalue weighted by molar-refractivity contribution is 14.1. The van der Waals surface area contributed by atoms with Crippen LogP contribution in [0.1, 0.15) is 6.42 Å². The normalized spacial score (nSPS) is 20.6. The van der Waals surface area contributed by atoms with Crippen molar-refractivity contribution in [3.05, 3.63) is 26.2 Å². The van der Waals surface area contributed by atoms with Crippen molar-refractivity contribution in [1.82, 2.24) is 0 Å². The summed E-state index contributed by atoms with van der Waals surface area (Å²) >= 11 is 9.97. The minimum Gasteiger partial charge on any atom is -0.311 e. The van der Waals surface area contributed by atoms with Crippen molar-refractivity contribution in [2.45, 2.75) is 6.42 Å². The lowest BCUT2D eigenvalue weighted by Crippen LogP contribution is -2.25. The predicted molar refractivity (Wildman–Crippen MR) is 81.2 cm³/mol. The smallest absolute Gasteiger partial charge is 0.227 e. The number of hydrogen-bond donors (Lipinski definition) is 1. The first-order chi connectivity index (χ1) is 7.61. The number of thiol groups is 1. The van der Waals surface area contributed by atoms with Gasteiger partial charge in [0.25, 0.3) is 0 Å². The van der Waals surface area contributed by atoms with Gasteiger partial charge < -0.3 is 4.90 Å². The zero-order chi connectivity index (χ0) is 11.7. The molecule has 2 rings (SSSR count). The summed E-state index contributed by atoms with van der Waals surface area (Å²) in [5.41, 5.74) is 1.00. The van der Waals surface area contributed by atoms with Crippen LogP contribution < -0.4 is 4.90 Å². The molecule has 0 aromatic heterocycles. The number of benzene rings is 1. The third-order valence-corrected chi connectivity index (χ3v) is 4.58. The van der Waals surface area contributed by atoms with Gasteiger partial charge in [0.05, 0.1) is 5.69 Å². The molecule has 5 heteroatoms. The lowest BCUT2D eigenvalue weighted by molar-refractivity contribution is -0.117. The van der Waals surface area contributed by atoms with Crippen LogP contribution in [0.2, 0.25) is 0 Å². The molecule has 1 aromatic carbocycles. The van der Waals surface area contributed by atoms with Crippen LogP contribution in [0, 0.1) is 9.49 Å². The molecule has 1 atom stereocenters. The average Bonchev–Trinajstić information content (AvgIpc) is 2.63. The molecule has 0 radical (unpaired) electrons. The van der Waals surface area contributed by atoms with E-state index in [9.17, 15) is 4.79 Å². The number of hydrogen-bond acceptors (Lipinski definition) is 2. The SMILES string of the molecule is O=C1CC(CS)CN1c1cc(Br)ccc1I. The van der Waals surface area contributed by atoms with E-state index in [-0.39, 0.29) is 5.91 Å². The Morgan fingerprint density at radius 3 is 2.94 bits per heavy atom. The predicted octanol–water partition coefficient (Wildman–Crippen LogP) is 3.34. The molecule has 1 heterocycles. The van der Waals surface area contributed by atoms with Crippen LogP contribution in [0.15, 0.2) is 22.7 Å². The highest BCUT2D eigenvalue weighted by atomic mass is 127. The summed E-state index contributed by atoms with van der Waals surface area (Å²) in [5, 5.41) is 0. The van der Waals surface area contributed by atoms with E-state index in [2.05, 4.69) is 51.1 Å². The van der Waals surface area contributed by atoms with E-state index in [1.165, 1.54) is 0 Å². The molecule has 1 unspecified atom stereocenters. The van der Waals surface area contributed by atoms with Gasteiger partial charge in [0.15, 0.2) is 0 Å². The minimum atomic E-state index is 0.204. The first-order valence-corrected chi connectivity index (χ1v) is 7.48. The Kier molecular flexibility index (Phi) is 4.18. The highest BCUT2D eigenvalue weighted by Gasteiger charge is 2.30. The fourth-order valence-electron chi connectivity index (χ4n) is 1.83. The standard InChI is InChI=1S/C11H11BrINOS/c12-8-1-2-9(13)10(4-8)14-5-7(6-16)3-11(14)15/h1-2,4,7,16H,3,5-6H2. The van der Waals surface area contributed by atoms with Gasteiger partial charge in [-0.3, -0.25) is 4.79 Å². The van der Waals surface area contributed by atoms with E-state index < -0.39 is 0 Å². The van der Waals surface area contributed by atoms with E-state index in [1.807, 2.05) is 23.1 Å². The van der Waals surface area contributed by atoms with Gasteiger partial charge in [-0.25, -0.2) is 0 Å². The van der Waals surface area contributed by atoms with Gasteiger partial charge >= 0.3 is 0 Å². The van der Waals surface area contributed by atoms with Crippen LogP contribution in [-0.4, -0.2) is 18.2 Å². The van der Waals surface area contributed by atoms with E-state index in [4.69, 9.17) is 0 Å². The zero-order valence-corrected chi connectivity index (χ0v) is 13.1. The molecule has 1 fully saturated rings. The molecule has 1 aliphatic heterocycles. The molecule has 1 saturated heterocycles. The molecule has 16 heavy (non-hydrogen) atoms. The Morgan fingerprint density at radius 2 is 2.31 bits per heavy atom. The van der Waals surface area contributed by atoms with Gasteiger partial charge in [-0.05, 0) is 52.5 Å². The van der Waals surface area contributed by atoms with Gasteiger partial charge in [-0.2, -0.15) is 12.6 Å². The fourth-order valence-corrected chi connectivity index (χ4v) is 3.05. The lowest BCUT2D eigenvalue weighted by Gasteiger charge is -2.18. The summed E-state index contributed by atoms with van der Waals surface area (Å²) in [6, 6.07) is 6.00. The Bertz CT molecular complexity index is 426. The molecule has 0 bridgehead atoms. The van der Waals surface area contributed by atoms with E-state index in [1.54, 1.807) is 0 Å². The number of carbonyl (C=O) groups excluding carboxylic acids is 1. The summed E-state index contributed by atoms with van der Waals surface area (Å²) in [7, 11) is 0. The van der Waals surface area contributed by atoms with Crippen LogP contribution >= 0.6 is 51.1 Å². The van der Waals surface area contributed by atoms with E-state index >= 15 is 0 Å². The Labute approximate surface area is 122 Å². The third-order valence-electron chi connectivity index (χ3n) is 2.66. The first-order valence-electron chi connectivity index (χ1n) is 4.98. The largest absolute Gasteiger partial charge is 0.311 e. The Morgan fingerprint density at radius 1 is 1.56 bits per heavy atom. The van der Waals surface area contributed by atoms with Crippen LogP contribution in [-0.2, 0) is 4.79 Å². The zero-order valence-electron chi connectivity index (χ0n) is 8.49. The third kappa shape index (κ3) is 2.56. The molecule has 2 nitrogen and oxygen atoms in total. The van der Waals surface area contributed by atoms with Crippen LogP contribution in [0.3, 0.4) is 0 Å². The van der Waals surface area contributed by atoms with Crippen molar-refractivity contribution in [3.63, 3.8) is 0 Å². The summed E-state index contributed by atoms with van der Waals surface area (Å²) < 4.78 is 2.11. The van der Waals surface area contributed by atoms with Crippen molar-refractivity contribution in [2.75, 3.05) is 17.2 Å². The summed E-state index contributed by atoms with van der Waals surface area (Å²) in [6.07, 6.45) is 0.617. The van der Waals surface area contributed by atoms with Crippen LogP contribution in [0.5, 0.6) is 0 Å². The van der Waals surface area contributed by atoms with Crippen molar-refractivity contribution in [1.29, 1.82) is 0 Å². The number of halogens is 2. The quantitative estimate of drug-likeness (QED) is 0.584. The summed E-state index contributed by atoms with van der Waals surface area (Å²) in [5.74, 6) is 1.35. The second kappa shape index (κ2) is 5.27. The van der Waals surface area contributed by atoms with Crippen molar-refractivity contribution in [3.8, 4) is 0 Å².